The fourth-order valence-electron chi connectivity index (χ4n) is 3.09. The van der Waals surface area contributed by atoms with Crippen LogP contribution in [0.25, 0.3) is 0 Å². The molecule has 0 aliphatic carbocycles. The summed E-state index contributed by atoms with van der Waals surface area (Å²) >= 11 is 5.89. The summed E-state index contributed by atoms with van der Waals surface area (Å²) < 4.78 is 10.9. The van der Waals surface area contributed by atoms with Gasteiger partial charge in [-0.3, -0.25) is 4.79 Å². The molecule has 164 valence electrons. The van der Waals surface area contributed by atoms with Gasteiger partial charge in [0.05, 0.1) is 20.1 Å². The summed E-state index contributed by atoms with van der Waals surface area (Å²) in [5, 5.41) is 22.2. The molecular weight excluding hydrogens is 394 g/mol. The predicted octanol–water partition coefficient (Wildman–Crippen LogP) is 2.08. The maximum absolute atomic E-state index is 12.3. The van der Waals surface area contributed by atoms with Gasteiger partial charge in [0.1, 0.15) is 11.4 Å². The maximum Gasteiger partial charge on any atom is 0.373 e. The summed E-state index contributed by atoms with van der Waals surface area (Å²) in [5.74, 6) is 0.784. The number of esters is 1. The molecule has 7 nitrogen and oxygen atoms in total. The third-order valence-corrected chi connectivity index (χ3v) is 4.30. The molecule has 0 amide bonds. The fraction of sp³-hybridized carbons (Fsp3) is 0.650. The molecule has 0 fully saturated rings. The number of nitrogens with zero attached hydrogens (tertiary/aromatic N) is 1. The highest BCUT2D eigenvalue weighted by atomic mass is 35.5. The second kappa shape index (κ2) is 12.3. The molecule has 0 aliphatic heterocycles. The number of carbonyl (C=O) groups excluding carboxylic acids is 1. The number of methoxy groups -OCH3 is 1. The highest BCUT2D eigenvalue weighted by molar-refractivity contribution is 6.45. The van der Waals surface area contributed by atoms with E-state index < -0.39 is 12.7 Å². The van der Waals surface area contributed by atoms with Crippen LogP contribution in [0.1, 0.15) is 32.8 Å². The van der Waals surface area contributed by atoms with Crippen LogP contribution >= 0.6 is 11.6 Å². The van der Waals surface area contributed by atoms with Gasteiger partial charge in [0.25, 0.3) is 0 Å². The Hall–Kier alpha value is -1.48. The van der Waals surface area contributed by atoms with Crippen molar-refractivity contribution < 1.29 is 24.4 Å². The average Bonchev–Trinajstić information content (AvgIpc) is 2.59. The van der Waals surface area contributed by atoms with Gasteiger partial charge in [-0.25, -0.2) is 0 Å². The first-order chi connectivity index (χ1) is 13.6. The quantitative estimate of drug-likeness (QED) is 0.267. The lowest BCUT2D eigenvalue weighted by Crippen LogP contribution is -2.43. The maximum atomic E-state index is 12.3. The Morgan fingerprint density at radius 3 is 2.55 bits per heavy atom. The van der Waals surface area contributed by atoms with E-state index in [-0.39, 0.29) is 25.0 Å². The number of anilines is 1. The highest BCUT2D eigenvalue weighted by Gasteiger charge is 2.24. The topological polar surface area (TPSA) is 91.3 Å². The first kappa shape index (κ1) is 25.6. The summed E-state index contributed by atoms with van der Waals surface area (Å²) in [7, 11) is 0.812. The van der Waals surface area contributed by atoms with Crippen LogP contribution < -0.4 is 14.9 Å². The largest absolute Gasteiger partial charge is 0.496 e. The standard InChI is InChI=1S/C20H34BClN2O5/c1-20(2,3)29-19(26)14-16(23-21(4)27)12-15-13-17(6-7-18(15)28-5)24(9-8-22)10-11-25/h6-7,13,16,23,25,27H,8-12,14H2,1-5H3/t16-/m0/s1. The van der Waals surface area contributed by atoms with E-state index in [2.05, 4.69) is 5.23 Å². The van der Waals surface area contributed by atoms with E-state index in [1.165, 1.54) is 0 Å². The summed E-state index contributed by atoms with van der Waals surface area (Å²) in [4.78, 5) is 14.3. The number of hydrogen-bond acceptors (Lipinski definition) is 7. The number of aliphatic hydroxyl groups excluding tert-OH is 1. The van der Waals surface area contributed by atoms with Crippen molar-refractivity contribution >= 4 is 30.3 Å². The molecule has 0 heterocycles. The molecule has 1 atom stereocenters. The van der Waals surface area contributed by atoms with Crippen molar-refractivity contribution in [2.24, 2.45) is 0 Å². The Kier molecular flexibility index (Phi) is 10.8. The summed E-state index contributed by atoms with van der Waals surface area (Å²) in [6, 6.07) is 5.40. The molecule has 0 spiro atoms. The van der Waals surface area contributed by atoms with E-state index >= 15 is 0 Å². The van der Waals surface area contributed by atoms with Crippen molar-refractivity contribution in [1.82, 2.24) is 5.23 Å². The van der Waals surface area contributed by atoms with E-state index in [0.29, 0.717) is 31.1 Å². The van der Waals surface area contributed by atoms with Crippen LogP contribution in [0.4, 0.5) is 5.69 Å². The molecule has 1 aromatic rings. The molecule has 9 heteroatoms. The van der Waals surface area contributed by atoms with Crippen LogP contribution in [0.5, 0.6) is 5.75 Å². The summed E-state index contributed by atoms with van der Waals surface area (Å²) in [5.41, 5.74) is 1.21. The summed E-state index contributed by atoms with van der Waals surface area (Å²) in [6.07, 6.45) is 0.562. The van der Waals surface area contributed by atoms with Crippen LogP contribution in [0.15, 0.2) is 18.2 Å². The molecule has 0 aliphatic rings. The normalized spacial score (nSPS) is 12.4. The number of alkyl halides is 1. The first-order valence-electron chi connectivity index (χ1n) is 9.84. The first-order valence-corrected chi connectivity index (χ1v) is 10.4. The van der Waals surface area contributed by atoms with Crippen molar-refractivity contribution in [3.63, 3.8) is 0 Å². The average molecular weight is 429 g/mol. The number of ether oxygens (including phenoxy) is 2. The lowest BCUT2D eigenvalue weighted by Gasteiger charge is -2.26. The van der Waals surface area contributed by atoms with Crippen LogP contribution in [0.3, 0.4) is 0 Å². The van der Waals surface area contributed by atoms with E-state index in [1.54, 1.807) is 13.9 Å². The number of nitrogens with one attached hydrogen (secondary N) is 1. The van der Waals surface area contributed by atoms with Crippen molar-refractivity contribution in [2.45, 2.75) is 52.1 Å². The minimum absolute atomic E-state index is 0.0170. The van der Waals surface area contributed by atoms with E-state index in [4.69, 9.17) is 21.1 Å². The van der Waals surface area contributed by atoms with Gasteiger partial charge in [-0.15, -0.1) is 11.6 Å². The molecule has 29 heavy (non-hydrogen) atoms. The van der Waals surface area contributed by atoms with Gasteiger partial charge in [-0.05, 0) is 57.8 Å². The Balaban J connectivity index is 3.08. The van der Waals surface area contributed by atoms with Crippen molar-refractivity contribution in [1.29, 1.82) is 0 Å². The molecule has 0 saturated heterocycles. The monoisotopic (exact) mass is 428 g/mol. The zero-order chi connectivity index (χ0) is 22.0. The zero-order valence-corrected chi connectivity index (χ0v) is 18.8. The number of hydrogen-bond donors (Lipinski definition) is 3. The smallest absolute Gasteiger partial charge is 0.373 e. The molecule has 0 bridgehead atoms. The predicted molar refractivity (Wildman–Crippen MR) is 118 cm³/mol. The second-order valence-electron chi connectivity index (χ2n) is 7.93. The zero-order valence-electron chi connectivity index (χ0n) is 18.1. The minimum Gasteiger partial charge on any atom is -0.496 e. The molecule has 1 aromatic carbocycles. The van der Waals surface area contributed by atoms with E-state index in [1.807, 2.05) is 43.9 Å². The molecular formula is C20H34BClN2O5. The van der Waals surface area contributed by atoms with Crippen molar-refractivity contribution in [2.75, 3.05) is 37.6 Å². The number of benzene rings is 1. The molecule has 3 N–H and O–H groups in total. The molecule has 0 aromatic heterocycles. The van der Waals surface area contributed by atoms with Gasteiger partial charge in [-0.1, -0.05) is 0 Å². The Labute approximate surface area is 179 Å². The van der Waals surface area contributed by atoms with E-state index in [0.717, 1.165) is 11.3 Å². The number of aliphatic hydroxyl groups is 1. The number of halogens is 1. The molecule has 1 rings (SSSR count). The SMILES string of the molecule is COc1ccc(N(CCO)CCCl)cc1C[C@@H](CC(=O)OC(C)(C)C)NB(C)O. The number of carbonyl (C=O) groups is 1. The van der Waals surface area contributed by atoms with Gasteiger partial charge >= 0.3 is 13.0 Å². The Morgan fingerprint density at radius 1 is 1.34 bits per heavy atom. The molecule has 0 radical (unpaired) electrons. The van der Waals surface area contributed by atoms with Crippen molar-refractivity contribution in [3.05, 3.63) is 23.8 Å². The Bertz CT molecular complexity index is 634. The molecule has 0 saturated carbocycles. The third kappa shape index (κ3) is 9.71. The third-order valence-electron chi connectivity index (χ3n) is 4.13. The van der Waals surface area contributed by atoms with E-state index in [9.17, 15) is 14.9 Å². The van der Waals surface area contributed by atoms with Gasteiger partial charge in [0.2, 0.25) is 0 Å². The lowest BCUT2D eigenvalue weighted by molar-refractivity contribution is -0.155. The van der Waals surface area contributed by atoms with Gasteiger partial charge in [-0.2, -0.15) is 0 Å². The van der Waals surface area contributed by atoms with Gasteiger partial charge in [0.15, 0.2) is 0 Å². The van der Waals surface area contributed by atoms with Crippen LogP contribution in [-0.4, -0.2) is 67.5 Å². The second-order valence-corrected chi connectivity index (χ2v) is 8.31. The van der Waals surface area contributed by atoms with Gasteiger partial charge < -0.3 is 29.7 Å². The summed E-state index contributed by atoms with van der Waals surface area (Å²) in [6.45, 7) is 8.15. The van der Waals surface area contributed by atoms with Crippen LogP contribution in [0.2, 0.25) is 6.82 Å². The highest BCUT2D eigenvalue weighted by Crippen LogP contribution is 2.27. The Morgan fingerprint density at radius 2 is 2.03 bits per heavy atom. The molecule has 0 unspecified atom stereocenters. The lowest BCUT2D eigenvalue weighted by atomic mass is 9.85. The minimum atomic E-state index is -0.779. The number of rotatable bonds is 12. The van der Waals surface area contributed by atoms with Gasteiger partial charge in [0, 0.05) is 30.7 Å². The fourth-order valence-corrected chi connectivity index (χ4v) is 3.30. The van der Waals surface area contributed by atoms with Crippen LogP contribution in [0, 0.1) is 0 Å². The van der Waals surface area contributed by atoms with Crippen LogP contribution in [-0.2, 0) is 16.0 Å². The van der Waals surface area contributed by atoms with Crippen molar-refractivity contribution in [3.8, 4) is 5.75 Å².